The topological polar surface area (TPSA) is 148 Å². The number of ether oxygens (including phenoxy) is 3. The van der Waals surface area contributed by atoms with Gasteiger partial charge in [-0.3, -0.25) is 20.2 Å². The molecule has 2 aliphatic rings. The van der Waals surface area contributed by atoms with Crippen LogP contribution in [-0.4, -0.2) is 27.6 Å². The van der Waals surface area contributed by atoms with Gasteiger partial charge in [-0.25, -0.2) is 9.59 Å². The SMILES string of the molecule is O=C1OC2(CCCCC2)OC(=O)C1=Cc1cccc(Oc2ccc([N+](=O)[O-])cc2[N+](=O)[O-])c1. The molecule has 0 N–H and O–H groups in total. The van der Waals surface area contributed by atoms with Crippen molar-refractivity contribution in [3.8, 4) is 11.5 Å². The van der Waals surface area contributed by atoms with E-state index in [1.165, 1.54) is 18.2 Å². The van der Waals surface area contributed by atoms with Gasteiger partial charge in [-0.05, 0) is 42.7 Å². The molecule has 4 rings (SSSR count). The first-order chi connectivity index (χ1) is 15.8. The fraction of sp³-hybridized carbons (Fsp3) is 0.273. The van der Waals surface area contributed by atoms with Gasteiger partial charge in [0.05, 0.1) is 15.9 Å². The molecule has 2 aromatic rings. The molecule has 0 bridgehead atoms. The van der Waals surface area contributed by atoms with E-state index < -0.39 is 38.9 Å². The van der Waals surface area contributed by atoms with Crippen LogP contribution >= 0.6 is 0 Å². The van der Waals surface area contributed by atoms with E-state index in [1.54, 1.807) is 12.1 Å². The number of rotatable bonds is 5. The molecule has 0 radical (unpaired) electrons. The average molecular weight is 454 g/mol. The van der Waals surface area contributed by atoms with E-state index in [-0.39, 0.29) is 17.1 Å². The predicted octanol–water partition coefficient (Wildman–Crippen LogP) is 4.44. The highest BCUT2D eigenvalue weighted by molar-refractivity contribution is 6.18. The van der Waals surface area contributed by atoms with E-state index >= 15 is 0 Å². The van der Waals surface area contributed by atoms with Crippen LogP contribution in [0.25, 0.3) is 6.08 Å². The van der Waals surface area contributed by atoms with Crippen molar-refractivity contribution in [2.75, 3.05) is 0 Å². The molecular weight excluding hydrogens is 436 g/mol. The van der Waals surface area contributed by atoms with Crippen LogP contribution < -0.4 is 4.74 Å². The molecule has 0 atom stereocenters. The molecule has 11 nitrogen and oxygen atoms in total. The van der Waals surface area contributed by atoms with Crippen molar-refractivity contribution >= 4 is 29.4 Å². The van der Waals surface area contributed by atoms with Crippen molar-refractivity contribution in [2.24, 2.45) is 0 Å². The van der Waals surface area contributed by atoms with Crippen molar-refractivity contribution in [3.63, 3.8) is 0 Å². The first-order valence-electron chi connectivity index (χ1n) is 10.2. The summed E-state index contributed by atoms with van der Waals surface area (Å²) in [6.07, 6.45) is 4.81. The molecule has 2 aromatic carbocycles. The third-order valence-corrected chi connectivity index (χ3v) is 5.36. The summed E-state index contributed by atoms with van der Waals surface area (Å²) in [4.78, 5) is 45.7. The summed E-state index contributed by atoms with van der Waals surface area (Å²) in [5.74, 6) is -2.78. The Balaban J connectivity index is 1.57. The zero-order valence-electron chi connectivity index (χ0n) is 17.2. The van der Waals surface area contributed by atoms with Crippen LogP contribution in [0.2, 0.25) is 0 Å². The van der Waals surface area contributed by atoms with Crippen LogP contribution in [0, 0.1) is 20.2 Å². The zero-order valence-corrected chi connectivity index (χ0v) is 17.2. The number of nitrogens with zero attached hydrogens (tertiary/aromatic N) is 2. The molecule has 33 heavy (non-hydrogen) atoms. The lowest BCUT2D eigenvalue weighted by Gasteiger charge is -2.38. The van der Waals surface area contributed by atoms with Crippen LogP contribution in [0.4, 0.5) is 11.4 Å². The van der Waals surface area contributed by atoms with Crippen LogP contribution in [0.15, 0.2) is 48.0 Å². The quantitative estimate of drug-likeness (QED) is 0.210. The summed E-state index contributed by atoms with van der Waals surface area (Å²) >= 11 is 0. The Bertz CT molecular complexity index is 1160. The van der Waals surface area contributed by atoms with Crippen LogP contribution in [0.5, 0.6) is 11.5 Å². The lowest BCUT2D eigenvalue weighted by molar-refractivity contribution is -0.394. The van der Waals surface area contributed by atoms with Gasteiger partial charge >= 0.3 is 17.6 Å². The van der Waals surface area contributed by atoms with E-state index in [2.05, 4.69) is 0 Å². The summed E-state index contributed by atoms with van der Waals surface area (Å²) in [6.45, 7) is 0. The highest BCUT2D eigenvalue weighted by atomic mass is 16.7. The van der Waals surface area contributed by atoms with Crippen LogP contribution in [-0.2, 0) is 19.1 Å². The second kappa shape index (κ2) is 8.69. The van der Waals surface area contributed by atoms with E-state index in [9.17, 15) is 29.8 Å². The molecule has 0 aromatic heterocycles. The van der Waals surface area contributed by atoms with E-state index in [4.69, 9.17) is 14.2 Å². The van der Waals surface area contributed by atoms with Crippen LogP contribution in [0.3, 0.4) is 0 Å². The first kappa shape index (κ1) is 21.9. The van der Waals surface area contributed by atoms with Gasteiger partial charge in [0.25, 0.3) is 11.5 Å². The fourth-order valence-electron chi connectivity index (χ4n) is 3.77. The second-order valence-corrected chi connectivity index (χ2v) is 7.65. The Kier molecular flexibility index (Phi) is 5.78. The number of nitro benzene ring substituents is 2. The predicted molar refractivity (Wildman–Crippen MR) is 112 cm³/mol. The zero-order chi connectivity index (χ0) is 23.6. The third kappa shape index (κ3) is 4.66. The van der Waals surface area contributed by atoms with E-state index in [0.717, 1.165) is 37.5 Å². The smallest absolute Gasteiger partial charge is 0.348 e. The number of hydrogen-bond acceptors (Lipinski definition) is 9. The minimum Gasteiger partial charge on any atom is -0.450 e. The lowest BCUT2D eigenvalue weighted by Crippen LogP contribution is -2.47. The minimum absolute atomic E-state index is 0.155. The van der Waals surface area contributed by atoms with E-state index in [1.807, 2.05) is 0 Å². The maximum atomic E-state index is 12.5. The molecule has 1 saturated carbocycles. The molecule has 2 fully saturated rings. The van der Waals surface area contributed by atoms with Gasteiger partial charge in [0.2, 0.25) is 5.75 Å². The Morgan fingerprint density at radius 3 is 2.24 bits per heavy atom. The summed E-state index contributed by atoms with van der Waals surface area (Å²) in [7, 11) is 0. The van der Waals surface area contributed by atoms with Crippen LogP contribution in [0.1, 0.15) is 37.7 Å². The largest absolute Gasteiger partial charge is 0.450 e. The number of esters is 2. The molecule has 0 amide bonds. The number of hydrogen-bond donors (Lipinski definition) is 0. The molecular formula is C22H18N2O9. The molecule has 1 aliphatic carbocycles. The maximum absolute atomic E-state index is 12.5. The highest BCUT2D eigenvalue weighted by Crippen LogP contribution is 2.38. The van der Waals surface area contributed by atoms with Crippen molar-refractivity contribution in [3.05, 3.63) is 73.8 Å². The lowest BCUT2D eigenvalue weighted by atomic mass is 9.93. The molecule has 0 unspecified atom stereocenters. The Morgan fingerprint density at radius 2 is 1.61 bits per heavy atom. The van der Waals surface area contributed by atoms with Crippen molar-refractivity contribution in [1.82, 2.24) is 0 Å². The Morgan fingerprint density at radius 1 is 0.909 bits per heavy atom. The summed E-state index contributed by atoms with van der Waals surface area (Å²) < 4.78 is 16.5. The molecule has 1 spiro atoms. The normalized spacial score (nSPS) is 17.2. The van der Waals surface area contributed by atoms with Crippen molar-refractivity contribution in [2.45, 2.75) is 37.9 Å². The molecule has 1 heterocycles. The van der Waals surface area contributed by atoms with E-state index in [0.29, 0.717) is 18.4 Å². The minimum atomic E-state index is -1.19. The number of carbonyl (C=O) groups excluding carboxylic acids is 2. The fourth-order valence-corrected chi connectivity index (χ4v) is 3.77. The van der Waals surface area contributed by atoms with Gasteiger partial charge in [-0.15, -0.1) is 0 Å². The number of benzene rings is 2. The van der Waals surface area contributed by atoms with Gasteiger partial charge in [0, 0.05) is 18.9 Å². The average Bonchev–Trinajstić information content (AvgIpc) is 2.77. The molecule has 170 valence electrons. The second-order valence-electron chi connectivity index (χ2n) is 7.65. The van der Waals surface area contributed by atoms with Gasteiger partial charge in [-0.2, -0.15) is 0 Å². The number of nitro groups is 2. The summed E-state index contributed by atoms with van der Waals surface area (Å²) in [5.41, 5.74) is -0.909. The van der Waals surface area contributed by atoms with Gasteiger partial charge in [-0.1, -0.05) is 18.6 Å². The van der Waals surface area contributed by atoms with Gasteiger partial charge in [0.1, 0.15) is 11.3 Å². The molecule has 11 heteroatoms. The molecule has 1 aliphatic heterocycles. The highest BCUT2D eigenvalue weighted by Gasteiger charge is 2.46. The Labute approximate surface area is 186 Å². The van der Waals surface area contributed by atoms with Crippen molar-refractivity contribution < 1.29 is 33.6 Å². The summed E-state index contributed by atoms with van der Waals surface area (Å²) in [6, 6.07) is 9.11. The number of carbonyl (C=O) groups is 2. The summed E-state index contributed by atoms with van der Waals surface area (Å²) in [5, 5.41) is 22.2. The maximum Gasteiger partial charge on any atom is 0.348 e. The standard InChI is InChI=1S/C22H18N2O9/c25-20-17(21(26)33-22(32-20)9-2-1-3-10-22)12-14-5-4-6-16(11-14)31-19-8-7-15(23(27)28)13-18(19)24(29)30/h4-8,11-13H,1-3,9-10H2. The first-order valence-corrected chi connectivity index (χ1v) is 10.2. The number of non-ortho nitro benzene ring substituents is 1. The third-order valence-electron chi connectivity index (χ3n) is 5.36. The van der Waals surface area contributed by atoms with Gasteiger partial charge in [0.15, 0.2) is 0 Å². The van der Waals surface area contributed by atoms with Gasteiger partial charge < -0.3 is 14.2 Å². The molecule has 1 saturated heterocycles. The Hall–Kier alpha value is -4.28. The monoisotopic (exact) mass is 454 g/mol. The van der Waals surface area contributed by atoms with Crippen molar-refractivity contribution in [1.29, 1.82) is 0 Å².